The van der Waals surface area contributed by atoms with E-state index in [1.165, 1.54) is 11.1 Å². The third-order valence-electron chi connectivity index (χ3n) is 4.68. The zero-order valence-electron chi connectivity index (χ0n) is 17.6. The van der Waals surface area contributed by atoms with E-state index in [-0.39, 0.29) is 6.42 Å². The van der Waals surface area contributed by atoms with Gasteiger partial charge < -0.3 is 9.84 Å². The van der Waals surface area contributed by atoms with Crippen LogP contribution in [-0.4, -0.2) is 37.6 Å². The first kappa shape index (κ1) is 22.6. The molecule has 6 nitrogen and oxygen atoms in total. The number of hydrogen-bond acceptors (Lipinski definition) is 5. The van der Waals surface area contributed by atoms with Gasteiger partial charge in [0, 0.05) is 18.1 Å². The van der Waals surface area contributed by atoms with Crippen molar-refractivity contribution in [3.63, 3.8) is 0 Å². The Morgan fingerprint density at radius 2 is 1.84 bits per heavy atom. The highest BCUT2D eigenvalue weighted by molar-refractivity contribution is 7.99. The second-order valence-electron chi connectivity index (χ2n) is 7.17. The number of carbonyl (C=O) groups is 1. The number of aryl methyl sites for hydroxylation is 1. The molecule has 0 amide bonds. The van der Waals surface area contributed by atoms with Gasteiger partial charge in [-0.05, 0) is 36.6 Å². The first-order valence-corrected chi connectivity index (χ1v) is 11.4. The molecular formula is C24H27N3O3S. The van der Waals surface area contributed by atoms with Crippen molar-refractivity contribution >= 4 is 17.7 Å². The first-order chi connectivity index (χ1) is 15.1. The summed E-state index contributed by atoms with van der Waals surface area (Å²) in [5.74, 6) is 1.52. The van der Waals surface area contributed by atoms with Gasteiger partial charge in [0.25, 0.3) is 0 Å². The lowest BCUT2D eigenvalue weighted by Crippen LogP contribution is -2.00. The van der Waals surface area contributed by atoms with Crippen LogP contribution >= 0.6 is 11.8 Å². The molecule has 162 valence electrons. The highest BCUT2D eigenvalue weighted by Gasteiger charge is 2.04. The SMILES string of the molecule is C/C(=C\CSCCC(=O)O)CCn1cc(COc2ccc(-c3ccccc3)cc2)nn1. The Labute approximate surface area is 186 Å². The van der Waals surface area contributed by atoms with E-state index >= 15 is 0 Å². The first-order valence-electron chi connectivity index (χ1n) is 10.2. The van der Waals surface area contributed by atoms with Gasteiger partial charge >= 0.3 is 5.97 Å². The Bertz CT molecular complexity index is 985. The summed E-state index contributed by atoms with van der Waals surface area (Å²) in [6.45, 7) is 3.21. The number of nitrogens with zero attached hydrogens (tertiary/aromatic N) is 3. The van der Waals surface area contributed by atoms with Crippen LogP contribution in [0.3, 0.4) is 0 Å². The zero-order chi connectivity index (χ0) is 21.9. The highest BCUT2D eigenvalue weighted by atomic mass is 32.2. The number of hydrogen-bond donors (Lipinski definition) is 1. The molecule has 0 radical (unpaired) electrons. The van der Waals surface area contributed by atoms with Crippen molar-refractivity contribution in [1.29, 1.82) is 0 Å². The second-order valence-corrected chi connectivity index (χ2v) is 8.32. The van der Waals surface area contributed by atoms with Gasteiger partial charge in [-0.25, -0.2) is 0 Å². The van der Waals surface area contributed by atoms with E-state index in [9.17, 15) is 4.79 Å². The maximum Gasteiger partial charge on any atom is 0.304 e. The monoisotopic (exact) mass is 437 g/mol. The van der Waals surface area contributed by atoms with Crippen LogP contribution in [0.1, 0.15) is 25.5 Å². The van der Waals surface area contributed by atoms with Crippen LogP contribution < -0.4 is 4.74 Å². The molecule has 31 heavy (non-hydrogen) atoms. The van der Waals surface area contributed by atoms with Crippen LogP contribution in [0.5, 0.6) is 5.75 Å². The number of aromatic nitrogens is 3. The molecule has 0 bridgehead atoms. The zero-order valence-corrected chi connectivity index (χ0v) is 18.4. The van der Waals surface area contributed by atoms with Crippen molar-refractivity contribution < 1.29 is 14.6 Å². The molecule has 0 fully saturated rings. The Morgan fingerprint density at radius 1 is 1.10 bits per heavy atom. The van der Waals surface area contributed by atoms with Crippen LogP contribution in [0, 0.1) is 0 Å². The number of carboxylic acid groups (broad SMARTS) is 1. The van der Waals surface area contributed by atoms with Crippen molar-refractivity contribution in [2.24, 2.45) is 0 Å². The van der Waals surface area contributed by atoms with E-state index in [1.54, 1.807) is 11.8 Å². The Kier molecular flexibility index (Phi) is 8.72. The second kappa shape index (κ2) is 12.0. The van der Waals surface area contributed by atoms with Gasteiger partial charge in [0.05, 0.1) is 12.6 Å². The molecule has 0 unspecified atom stereocenters. The average Bonchev–Trinajstić information content (AvgIpc) is 3.25. The number of rotatable bonds is 12. The van der Waals surface area contributed by atoms with E-state index in [0.717, 1.165) is 35.7 Å². The van der Waals surface area contributed by atoms with Gasteiger partial charge in [0.2, 0.25) is 0 Å². The quantitative estimate of drug-likeness (QED) is 0.315. The minimum Gasteiger partial charge on any atom is -0.487 e. The summed E-state index contributed by atoms with van der Waals surface area (Å²) < 4.78 is 7.67. The van der Waals surface area contributed by atoms with Crippen LogP contribution in [0.25, 0.3) is 11.1 Å². The van der Waals surface area contributed by atoms with Crippen LogP contribution in [-0.2, 0) is 17.9 Å². The van der Waals surface area contributed by atoms with Gasteiger partial charge in [-0.2, -0.15) is 11.8 Å². The Balaban J connectivity index is 1.40. The summed E-state index contributed by atoms with van der Waals surface area (Å²) in [6.07, 6.45) is 5.14. The van der Waals surface area contributed by atoms with Gasteiger partial charge in [-0.15, -0.1) is 5.10 Å². The number of ether oxygens (including phenoxy) is 1. The number of benzene rings is 2. The molecule has 3 rings (SSSR count). The fraction of sp³-hybridized carbons (Fsp3) is 0.292. The van der Waals surface area contributed by atoms with Crippen molar-refractivity contribution in [2.75, 3.05) is 11.5 Å². The Hall–Kier alpha value is -3.06. The molecule has 0 saturated carbocycles. The minimum atomic E-state index is -0.747. The van der Waals surface area contributed by atoms with Gasteiger partial charge in [0.15, 0.2) is 0 Å². The standard InChI is InChI=1S/C24H27N3O3S/c1-19(12-15-31-16-13-24(28)29)11-14-27-17-22(25-26-27)18-30-23-9-7-21(8-10-23)20-5-3-2-4-6-20/h2-10,12,17H,11,13-16,18H2,1H3,(H,28,29)/b19-12+. The fourth-order valence-corrected chi connectivity index (χ4v) is 3.77. The summed E-state index contributed by atoms with van der Waals surface area (Å²) in [5.41, 5.74) is 4.38. The van der Waals surface area contributed by atoms with E-state index in [1.807, 2.05) is 41.2 Å². The van der Waals surface area contributed by atoms with Crippen LogP contribution in [0.4, 0.5) is 0 Å². The molecular weight excluding hydrogens is 410 g/mol. The summed E-state index contributed by atoms with van der Waals surface area (Å²) in [4.78, 5) is 10.5. The molecule has 0 saturated heterocycles. The van der Waals surface area contributed by atoms with Crippen LogP contribution in [0.15, 0.2) is 72.4 Å². The molecule has 1 heterocycles. The molecule has 0 spiro atoms. The normalized spacial score (nSPS) is 11.5. The fourth-order valence-electron chi connectivity index (χ4n) is 2.88. The highest BCUT2D eigenvalue weighted by Crippen LogP contribution is 2.22. The molecule has 1 aromatic heterocycles. The molecule has 2 aromatic carbocycles. The summed E-state index contributed by atoms with van der Waals surface area (Å²) in [5, 5.41) is 17.0. The summed E-state index contributed by atoms with van der Waals surface area (Å²) in [6, 6.07) is 18.3. The van der Waals surface area contributed by atoms with Gasteiger partial charge in [0.1, 0.15) is 18.1 Å². The van der Waals surface area contributed by atoms with Gasteiger partial charge in [-0.3, -0.25) is 9.48 Å². The molecule has 1 N–H and O–H groups in total. The minimum absolute atomic E-state index is 0.207. The van der Waals surface area contributed by atoms with Crippen molar-refractivity contribution in [2.45, 2.75) is 32.9 Å². The van der Waals surface area contributed by atoms with E-state index < -0.39 is 5.97 Å². The van der Waals surface area contributed by atoms with Crippen molar-refractivity contribution in [3.05, 3.63) is 78.1 Å². The number of aliphatic carboxylic acids is 1. The average molecular weight is 438 g/mol. The lowest BCUT2D eigenvalue weighted by molar-refractivity contribution is -0.136. The molecule has 0 aliphatic carbocycles. The van der Waals surface area contributed by atoms with Crippen molar-refractivity contribution in [1.82, 2.24) is 15.0 Å². The topological polar surface area (TPSA) is 77.2 Å². The molecule has 0 aliphatic heterocycles. The van der Waals surface area contributed by atoms with Crippen LogP contribution in [0.2, 0.25) is 0 Å². The molecule has 7 heteroatoms. The number of thioether (sulfide) groups is 1. The maximum absolute atomic E-state index is 10.5. The van der Waals surface area contributed by atoms with Gasteiger partial charge in [-0.1, -0.05) is 59.3 Å². The molecule has 0 aliphatic rings. The molecule has 0 atom stereocenters. The third kappa shape index (κ3) is 7.94. The largest absolute Gasteiger partial charge is 0.487 e. The summed E-state index contributed by atoms with van der Waals surface area (Å²) >= 11 is 1.63. The predicted molar refractivity (Wildman–Crippen MR) is 124 cm³/mol. The third-order valence-corrected chi connectivity index (χ3v) is 5.57. The lowest BCUT2D eigenvalue weighted by Gasteiger charge is -2.06. The van der Waals surface area contributed by atoms with Crippen molar-refractivity contribution in [3.8, 4) is 16.9 Å². The lowest BCUT2D eigenvalue weighted by atomic mass is 10.1. The summed E-state index contributed by atoms with van der Waals surface area (Å²) in [7, 11) is 0. The molecule has 3 aromatic rings. The predicted octanol–water partition coefficient (Wildman–Crippen LogP) is 5.07. The van der Waals surface area contributed by atoms with E-state index in [2.05, 4.69) is 47.6 Å². The Morgan fingerprint density at radius 3 is 2.58 bits per heavy atom. The van der Waals surface area contributed by atoms with E-state index in [4.69, 9.17) is 9.84 Å². The number of allylic oxidation sites excluding steroid dienone is 1. The number of carboxylic acids is 1. The maximum atomic E-state index is 10.5. The smallest absolute Gasteiger partial charge is 0.304 e. The van der Waals surface area contributed by atoms with E-state index in [0.29, 0.717) is 12.4 Å².